The molecule has 0 saturated carbocycles. The van der Waals surface area contributed by atoms with Crippen LogP contribution in [-0.4, -0.2) is 31.8 Å². The standard InChI is InChI=1S/C14H18FNO4/c1-7-9(11-4-8(6-16-11)14(17)18)5-10(15)13(20-3)12(7)19-2/h5,8,11,16H,4,6H2,1-3H3,(H,17,18). The first-order valence-electron chi connectivity index (χ1n) is 6.36. The summed E-state index contributed by atoms with van der Waals surface area (Å²) in [6.45, 7) is 2.20. The molecule has 1 heterocycles. The van der Waals surface area contributed by atoms with Gasteiger partial charge in [0.05, 0.1) is 20.1 Å². The fourth-order valence-electron chi connectivity index (χ4n) is 2.68. The molecule has 0 aromatic heterocycles. The minimum Gasteiger partial charge on any atom is -0.492 e. The van der Waals surface area contributed by atoms with Crippen molar-refractivity contribution in [2.45, 2.75) is 19.4 Å². The number of hydrogen-bond donors (Lipinski definition) is 2. The summed E-state index contributed by atoms with van der Waals surface area (Å²) in [6.07, 6.45) is 0.436. The minimum absolute atomic E-state index is 0.0709. The maximum Gasteiger partial charge on any atom is 0.307 e. The van der Waals surface area contributed by atoms with Gasteiger partial charge >= 0.3 is 5.97 Å². The summed E-state index contributed by atoms with van der Waals surface area (Å²) in [5.74, 6) is -1.37. The van der Waals surface area contributed by atoms with Crippen molar-refractivity contribution in [1.29, 1.82) is 0 Å². The number of methoxy groups -OCH3 is 2. The van der Waals surface area contributed by atoms with Crippen molar-refractivity contribution in [3.8, 4) is 11.5 Å². The van der Waals surface area contributed by atoms with Crippen LogP contribution < -0.4 is 14.8 Å². The number of carbonyl (C=O) groups is 1. The molecule has 1 aliphatic heterocycles. The molecule has 1 aliphatic rings. The molecule has 0 bridgehead atoms. The predicted octanol–water partition coefficient (Wildman–Crippen LogP) is 1.89. The Morgan fingerprint density at radius 2 is 2.05 bits per heavy atom. The summed E-state index contributed by atoms with van der Waals surface area (Å²) >= 11 is 0. The van der Waals surface area contributed by atoms with Crippen LogP contribution in [0.15, 0.2) is 6.07 Å². The molecule has 1 fully saturated rings. The molecule has 0 aliphatic carbocycles. The van der Waals surface area contributed by atoms with Crippen molar-refractivity contribution >= 4 is 5.97 Å². The normalized spacial score (nSPS) is 21.8. The third kappa shape index (κ3) is 2.43. The van der Waals surface area contributed by atoms with E-state index in [1.165, 1.54) is 20.3 Å². The molecule has 1 aromatic carbocycles. The van der Waals surface area contributed by atoms with Crippen LogP contribution in [0.3, 0.4) is 0 Å². The van der Waals surface area contributed by atoms with Crippen molar-refractivity contribution in [3.63, 3.8) is 0 Å². The average molecular weight is 283 g/mol. The lowest BCUT2D eigenvalue weighted by Crippen LogP contribution is -2.18. The van der Waals surface area contributed by atoms with E-state index in [9.17, 15) is 9.18 Å². The molecule has 5 nitrogen and oxygen atoms in total. The van der Waals surface area contributed by atoms with E-state index < -0.39 is 17.7 Å². The van der Waals surface area contributed by atoms with Gasteiger partial charge in [0.2, 0.25) is 0 Å². The van der Waals surface area contributed by atoms with Gasteiger partial charge < -0.3 is 19.9 Å². The number of nitrogens with one attached hydrogen (secondary N) is 1. The number of hydrogen-bond acceptors (Lipinski definition) is 4. The molecule has 2 atom stereocenters. The van der Waals surface area contributed by atoms with Crippen molar-refractivity contribution < 1.29 is 23.8 Å². The average Bonchev–Trinajstić information content (AvgIpc) is 2.90. The van der Waals surface area contributed by atoms with Crippen LogP contribution in [0.5, 0.6) is 11.5 Å². The van der Waals surface area contributed by atoms with Gasteiger partial charge in [0.25, 0.3) is 0 Å². The Bertz CT molecular complexity index is 532. The lowest BCUT2D eigenvalue weighted by atomic mass is 9.95. The zero-order valence-electron chi connectivity index (χ0n) is 11.7. The first kappa shape index (κ1) is 14.6. The van der Waals surface area contributed by atoms with Gasteiger partial charge in [0, 0.05) is 12.6 Å². The van der Waals surface area contributed by atoms with Gasteiger partial charge in [-0.15, -0.1) is 0 Å². The van der Waals surface area contributed by atoms with Gasteiger partial charge in [0.1, 0.15) is 0 Å². The monoisotopic (exact) mass is 283 g/mol. The van der Waals surface area contributed by atoms with E-state index >= 15 is 0 Å². The van der Waals surface area contributed by atoms with Gasteiger partial charge in [-0.1, -0.05) is 0 Å². The molecular formula is C14H18FNO4. The van der Waals surface area contributed by atoms with E-state index in [1.54, 1.807) is 0 Å². The number of carboxylic acid groups (broad SMARTS) is 1. The van der Waals surface area contributed by atoms with E-state index in [4.69, 9.17) is 14.6 Å². The van der Waals surface area contributed by atoms with Crippen LogP contribution >= 0.6 is 0 Å². The molecule has 2 N–H and O–H groups in total. The highest BCUT2D eigenvalue weighted by Crippen LogP contribution is 2.40. The van der Waals surface area contributed by atoms with E-state index in [2.05, 4.69) is 5.32 Å². The van der Waals surface area contributed by atoms with Crippen LogP contribution in [-0.2, 0) is 4.79 Å². The number of ether oxygens (including phenoxy) is 2. The van der Waals surface area contributed by atoms with Crippen molar-refractivity contribution in [3.05, 3.63) is 23.0 Å². The molecule has 0 spiro atoms. The summed E-state index contributed by atoms with van der Waals surface area (Å²) < 4.78 is 24.3. The Balaban J connectivity index is 2.38. The van der Waals surface area contributed by atoms with E-state index in [1.807, 2.05) is 6.92 Å². The number of carboxylic acids is 1. The third-order valence-corrected chi connectivity index (χ3v) is 3.74. The van der Waals surface area contributed by atoms with E-state index in [0.717, 1.165) is 5.56 Å². The van der Waals surface area contributed by atoms with E-state index in [0.29, 0.717) is 24.3 Å². The van der Waals surface area contributed by atoms with Crippen LogP contribution in [0.2, 0.25) is 0 Å². The second-order valence-corrected chi connectivity index (χ2v) is 4.87. The summed E-state index contributed by atoms with van der Waals surface area (Å²) in [4.78, 5) is 11.0. The van der Waals surface area contributed by atoms with Crippen molar-refractivity contribution in [2.24, 2.45) is 5.92 Å². The summed E-state index contributed by atoms with van der Waals surface area (Å²) in [5, 5.41) is 12.1. The Labute approximate surface area is 116 Å². The molecule has 1 saturated heterocycles. The van der Waals surface area contributed by atoms with E-state index in [-0.39, 0.29) is 11.8 Å². The highest BCUT2D eigenvalue weighted by atomic mass is 19.1. The first-order valence-corrected chi connectivity index (χ1v) is 6.36. The molecule has 110 valence electrons. The maximum absolute atomic E-state index is 14.0. The highest BCUT2D eigenvalue weighted by molar-refractivity contribution is 5.71. The summed E-state index contributed by atoms with van der Waals surface area (Å²) in [7, 11) is 2.84. The highest BCUT2D eigenvalue weighted by Gasteiger charge is 2.32. The Hall–Kier alpha value is -1.82. The first-order chi connectivity index (χ1) is 9.49. The van der Waals surface area contributed by atoms with Gasteiger partial charge in [0.15, 0.2) is 17.3 Å². The molecule has 0 radical (unpaired) electrons. The number of rotatable bonds is 4. The Kier molecular flexibility index (Phi) is 4.13. The fourth-order valence-corrected chi connectivity index (χ4v) is 2.68. The lowest BCUT2D eigenvalue weighted by molar-refractivity contribution is -0.141. The third-order valence-electron chi connectivity index (χ3n) is 3.74. The SMILES string of the molecule is COc1c(F)cc(C2CC(C(=O)O)CN2)c(C)c1OC. The second kappa shape index (κ2) is 5.66. The van der Waals surface area contributed by atoms with Crippen LogP contribution in [0.25, 0.3) is 0 Å². The summed E-state index contributed by atoms with van der Waals surface area (Å²) in [5.41, 5.74) is 1.47. The zero-order chi connectivity index (χ0) is 14.9. The largest absolute Gasteiger partial charge is 0.492 e. The molecule has 6 heteroatoms. The van der Waals surface area contributed by atoms with Crippen molar-refractivity contribution in [1.82, 2.24) is 5.32 Å². The smallest absolute Gasteiger partial charge is 0.307 e. The number of aliphatic carboxylic acids is 1. The number of halogens is 1. The van der Waals surface area contributed by atoms with Gasteiger partial charge in [-0.05, 0) is 30.5 Å². The Morgan fingerprint density at radius 1 is 1.40 bits per heavy atom. The summed E-state index contributed by atoms with van der Waals surface area (Å²) in [6, 6.07) is 1.20. The second-order valence-electron chi connectivity index (χ2n) is 4.87. The molecule has 1 aromatic rings. The van der Waals surface area contributed by atoms with Crippen LogP contribution in [0.1, 0.15) is 23.6 Å². The predicted molar refractivity (Wildman–Crippen MR) is 70.7 cm³/mol. The molecular weight excluding hydrogens is 265 g/mol. The number of benzene rings is 1. The van der Waals surface area contributed by atoms with Crippen LogP contribution in [0.4, 0.5) is 4.39 Å². The zero-order valence-corrected chi connectivity index (χ0v) is 11.7. The lowest BCUT2D eigenvalue weighted by Gasteiger charge is -2.19. The quantitative estimate of drug-likeness (QED) is 0.883. The molecule has 2 rings (SSSR count). The van der Waals surface area contributed by atoms with Crippen LogP contribution in [0, 0.1) is 18.7 Å². The Morgan fingerprint density at radius 3 is 2.55 bits per heavy atom. The minimum atomic E-state index is -0.835. The topological polar surface area (TPSA) is 67.8 Å². The van der Waals surface area contributed by atoms with Gasteiger partial charge in [-0.2, -0.15) is 0 Å². The molecule has 2 unspecified atom stereocenters. The fraction of sp³-hybridized carbons (Fsp3) is 0.500. The van der Waals surface area contributed by atoms with Crippen molar-refractivity contribution in [2.75, 3.05) is 20.8 Å². The van der Waals surface area contributed by atoms with Gasteiger partial charge in [-0.25, -0.2) is 4.39 Å². The van der Waals surface area contributed by atoms with Gasteiger partial charge in [-0.3, -0.25) is 4.79 Å². The maximum atomic E-state index is 14.0. The molecule has 20 heavy (non-hydrogen) atoms. The molecule has 0 amide bonds.